The van der Waals surface area contributed by atoms with Crippen LogP contribution < -0.4 is 5.73 Å². The zero-order chi connectivity index (χ0) is 10.8. The second-order valence-electron chi connectivity index (χ2n) is 2.93. The summed E-state index contributed by atoms with van der Waals surface area (Å²) in [5.74, 6) is 0. The second kappa shape index (κ2) is 3.97. The van der Waals surface area contributed by atoms with Gasteiger partial charge in [-0.05, 0) is 6.92 Å². The van der Waals surface area contributed by atoms with E-state index in [0.717, 1.165) is 11.9 Å². The van der Waals surface area contributed by atoms with E-state index in [4.69, 9.17) is 5.73 Å². The highest BCUT2D eigenvalue weighted by Gasteiger charge is 2.05. The standard InChI is InChI=1S/C7H13N3O3S/c1-6-7(8)5-9-10(6)3-4-13-14(2,11)12/h5H,3-4,8H2,1-2H3. The average molecular weight is 219 g/mol. The number of nitrogens with zero attached hydrogens (tertiary/aromatic N) is 2. The van der Waals surface area contributed by atoms with E-state index in [9.17, 15) is 8.42 Å². The first-order chi connectivity index (χ1) is 6.40. The van der Waals surface area contributed by atoms with E-state index in [1.807, 2.05) is 6.92 Å². The Labute approximate surface area is 82.8 Å². The molecule has 1 aromatic rings. The number of nitrogen functional groups attached to an aromatic ring is 1. The number of anilines is 1. The minimum atomic E-state index is -3.37. The molecule has 1 heterocycles. The summed E-state index contributed by atoms with van der Waals surface area (Å²) in [6, 6.07) is 0. The molecule has 0 radical (unpaired) electrons. The van der Waals surface area contributed by atoms with E-state index in [0.29, 0.717) is 12.2 Å². The molecule has 6 nitrogen and oxygen atoms in total. The van der Waals surface area contributed by atoms with E-state index in [2.05, 4.69) is 9.28 Å². The SMILES string of the molecule is Cc1c(N)cnn1CCOS(C)(=O)=O. The van der Waals surface area contributed by atoms with Gasteiger partial charge in [0.05, 0.1) is 37.0 Å². The summed E-state index contributed by atoms with van der Waals surface area (Å²) in [6.45, 7) is 2.25. The molecule has 0 amide bonds. The van der Waals surface area contributed by atoms with Gasteiger partial charge in [-0.2, -0.15) is 13.5 Å². The quantitative estimate of drug-likeness (QED) is 0.705. The Balaban J connectivity index is 2.51. The fraction of sp³-hybridized carbons (Fsp3) is 0.571. The summed E-state index contributed by atoms with van der Waals surface area (Å²) in [5.41, 5.74) is 6.95. The van der Waals surface area contributed by atoms with E-state index in [1.165, 1.54) is 6.20 Å². The van der Waals surface area contributed by atoms with Gasteiger partial charge in [0.1, 0.15) is 0 Å². The summed E-state index contributed by atoms with van der Waals surface area (Å²) in [4.78, 5) is 0. The molecule has 0 aliphatic heterocycles. The van der Waals surface area contributed by atoms with Crippen LogP contribution in [0, 0.1) is 6.92 Å². The Morgan fingerprint density at radius 3 is 2.71 bits per heavy atom. The van der Waals surface area contributed by atoms with E-state index in [1.54, 1.807) is 4.68 Å². The molecular weight excluding hydrogens is 206 g/mol. The minimum Gasteiger partial charge on any atom is -0.396 e. The van der Waals surface area contributed by atoms with Gasteiger partial charge in [0.25, 0.3) is 10.1 Å². The van der Waals surface area contributed by atoms with Gasteiger partial charge in [0, 0.05) is 0 Å². The van der Waals surface area contributed by atoms with E-state index >= 15 is 0 Å². The third-order valence-electron chi connectivity index (χ3n) is 1.74. The summed E-state index contributed by atoms with van der Waals surface area (Å²) in [7, 11) is -3.37. The molecule has 0 bridgehead atoms. The van der Waals surface area contributed by atoms with Gasteiger partial charge in [0.2, 0.25) is 0 Å². The van der Waals surface area contributed by atoms with Crippen LogP contribution >= 0.6 is 0 Å². The van der Waals surface area contributed by atoms with Crippen LogP contribution in [-0.4, -0.2) is 31.1 Å². The molecule has 0 aliphatic rings. The summed E-state index contributed by atoms with van der Waals surface area (Å²) in [5, 5.41) is 3.95. The van der Waals surface area contributed by atoms with Crippen LogP contribution in [0.15, 0.2) is 6.20 Å². The van der Waals surface area contributed by atoms with Crippen LogP contribution in [0.4, 0.5) is 5.69 Å². The van der Waals surface area contributed by atoms with Crippen molar-refractivity contribution in [1.82, 2.24) is 9.78 Å². The van der Waals surface area contributed by atoms with Crippen molar-refractivity contribution in [2.24, 2.45) is 0 Å². The normalized spacial score (nSPS) is 11.9. The fourth-order valence-electron chi connectivity index (χ4n) is 0.961. The third kappa shape index (κ3) is 3.00. The Bertz CT molecular complexity index is 410. The molecule has 0 aliphatic carbocycles. The number of hydrogen-bond acceptors (Lipinski definition) is 5. The van der Waals surface area contributed by atoms with Gasteiger partial charge in [0.15, 0.2) is 0 Å². The van der Waals surface area contributed by atoms with Crippen LogP contribution in [0.3, 0.4) is 0 Å². The van der Waals surface area contributed by atoms with Crippen molar-refractivity contribution in [2.45, 2.75) is 13.5 Å². The molecule has 0 saturated carbocycles. The maximum atomic E-state index is 10.6. The Morgan fingerprint density at radius 2 is 2.29 bits per heavy atom. The number of nitrogens with two attached hydrogens (primary N) is 1. The van der Waals surface area contributed by atoms with Gasteiger partial charge >= 0.3 is 0 Å². The van der Waals surface area contributed by atoms with Gasteiger partial charge in [-0.25, -0.2) is 0 Å². The molecule has 0 saturated heterocycles. The topological polar surface area (TPSA) is 87.2 Å². The molecule has 0 unspecified atom stereocenters. The highest BCUT2D eigenvalue weighted by molar-refractivity contribution is 7.85. The van der Waals surface area contributed by atoms with Crippen LogP contribution in [-0.2, 0) is 20.8 Å². The molecule has 7 heteroatoms. The highest BCUT2D eigenvalue weighted by atomic mass is 32.2. The maximum Gasteiger partial charge on any atom is 0.264 e. The largest absolute Gasteiger partial charge is 0.396 e. The predicted molar refractivity (Wildman–Crippen MR) is 52.2 cm³/mol. The van der Waals surface area contributed by atoms with Crippen LogP contribution in [0.2, 0.25) is 0 Å². The molecule has 0 spiro atoms. The Kier molecular flexibility index (Phi) is 3.12. The molecule has 0 atom stereocenters. The smallest absolute Gasteiger partial charge is 0.264 e. The molecule has 14 heavy (non-hydrogen) atoms. The first-order valence-electron chi connectivity index (χ1n) is 4.02. The maximum absolute atomic E-state index is 10.6. The van der Waals surface area contributed by atoms with E-state index < -0.39 is 10.1 Å². The van der Waals surface area contributed by atoms with Crippen molar-refractivity contribution in [3.8, 4) is 0 Å². The van der Waals surface area contributed by atoms with Crippen molar-refractivity contribution in [1.29, 1.82) is 0 Å². The second-order valence-corrected chi connectivity index (χ2v) is 4.58. The molecule has 0 fully saturated rings. The molecule has 0 aromatic carbocycles. The zero-order valence-electron chi connectivity index (χ0n) is 8.10. The highest BCUT2D eigenvalue weighted by Crippen LogP contribution is 2.07. The predicted octanol–water partition coefficient (Wildman–Crippen LogP) is -0.250. The first-order valence-corrected chi connectivity index (χ1v) is 5.84. The summed E-state index contributed by atoms with van der Waals surface area (Å²) >= 11 is 0. The Morgan fingerprint density at radius 1 is 1.64 bits per heavy atom. The van der Waals surface area contributed by atoms with Gasteiger partial charge < -0.3 is 5.73 Å². The zero-order valence-corrected chi connectivity index (χ0v) is 8.91. The Hall–Kier alpha value is -1.08. The third-order valence-corrected chi connectivity index (χ3v) is 2.34. The minimum absolute atomic E-state index is 0.0702. The van der Waals surface area contributed by atoms with Crippen molar-refractivity contribution in [3.63, 3.8) is 0 Å². The molecular formula is C7H13N3O3S. The van der Waals surface area contributed by atoms with Crippen molar-refractivity contribution >= 4 is 15.8 Å². The van der Waals surface area contributed by atoms with Crippen LogP contribution in [0.25, 0.3) is 0 Å². The van der Waals surface area contributed by atoms with Crippen molar-refractivity contribution in [3.05, 3.63) is 11.9 Å². The van der Waals surface area contributed by atoms with Gasteiger partial charge in [-0.1, -0.05) is 0 Å². The lowest BCUT2D eigenvalue weighted by Crippen LogP contribution is -2.12. The van der Waals surface area contributed by atoms with Gasteiger partial charge in [-0.15, -0.1) is 0 Å². The molecule has 1 rings (SSSR count). The molecule has 80 valence electrons. The lowest BCUT2D eigenvalue weighted by atomic mass is 10.4. The molecule has 2 N–H and O–H groups in total. The fourth-order valence-corrected chi connectivity index (χ4v) is 1.34. The van der Waals surface area contributed by atoms with Crippen molar-refractivity contribution < 1.29 is 12.6 Å². The molecule has 1 aromatic heterocycles. The number of hydrogen-bond donors (Lipinski definition) is 1. The van der Waals surface area contributed by atoms with Gasteiger partial charge in [-0.3, -0.25) is 8.86 Å². The van der Waals surface area contributed by atoms with Crippen molar-refractivity contribution in [2.75, 3.05) is 18.6 Å². The van der Waals surface area contributed by atoms with E-state index in [-0.39, 0.29) is 6.61 Å². The van der Waals surface area contributed by atoms with Crippen LogP contribution in [0.5, 0.6) is 0 Å². The lowest BCUT2D eigenvalue weighted by molar-refractivity contribution is 0.296. The first kappa shape index (κ1) is 11.0. The summed E-state index contributed by atoms with van der Waals surface area (Å²) < 4.78 is 27.4. The monoisotopic (exact) mass is 219 g/mol. The van der Waals surface area contributed by atoms with Crippen LogP contribution in [0.1, 0.15) is 5.69 Å². The lowest BCUT2D eigenvalue weighted by Gasteiger charge is -2.04. The average Bonchev–Trinajstić information content (AvgIpc) is 2.33. The summed E-state index contributed by atoms with van der Waals surface area (Å²) in [6.07, 6.45) is 2.53. The number of rotatable bonds is 4. The number of aromatic nitrogens is 2.